The standard InChI is InChI=1S/C13H26N2O3S/c1-12-7-3-2-5-9-14(12)19(17,18)15-10-6-4-8-13(15)11-16/h12-13,16H,2-11H2,1H3. The van der Waals surface area contributed by atoms with Gasteiger partial charge in [0.1, 0.15) is 0 Å². The van der Waals surface area contributed by atoms with Gasteiger partial charge in [-0.25, -0.2) is 0 Å². The zero-order valence-corrected chi connectivity index (χ0v) is 12.6. The Kier molecular flexibility index (Phi) is 5.22. The fourth-order valence-electron chi connectivity index (χ4n) is 3.19. The molecule has 0 aromatic heterocycles. The highest BCUT2D eigenvalue weighted by molar-refractivity contribution is 7.86. The van der Waals surface area contributed by atoms with Crippen LogP contribution in [0.2, 0.25) is 0 Å². The first kappa shape index (κ1) is 15.2. The molecule has 2 unspecified atom stereocenters. The number of piperidine rings is 1. The fraction of sp³-hybridized carbons (Fsp3) is 1.00. The van der Waals surface area contributed by atoms with Crippen LogP contribution in [0.5, 0.6) is 0 Å². The zero-order chi connectivity index (χ0) is 13.9. The highest BCUT2D eigenvalue weighted by Crippen LogP contribution is 2.26. The van der Waals surface area contributed by atoms with Crippen molar-refractivity contribution in [1.82, 2.24) is 8.61 Å². The first-order valence-corrected chi connectivity index (χ1v) is 8.86. The first-order valence-electron chi connectivity index (χ1n) is 7.47. The van der Waals surface area contributed by atoms with Gasteiger partial charge < -0.3 is 5.11 Å². The summed E-state index contributed by atoms with van der Waals surface area (Å²) in [5, 5.41) is 9.42. The molecule has 0 aliphatic carbocycles. The van der Waals surface area contributed by atoms with Crippen LogP contribution in [0.4, 0.5) is 0 Å². The number of nitrogens with zero attached hydrogens (tertiary/aromatic N) is 2. The van der Waals surface area contributed by atoms with Crippen LogP contribution in [0, 0.1) is 0 Å². The van der Waals surface area contributed by atoms with E-state index in [1.165, 1.54) is 0 Å². The molecule has 0 aromatic rings. The molecule has 0 aromatic carbocycles. The summed E-state index contributed by atoms with van der Waals surface area (Å²) in [4.78, 5) is 0. The van der Waals surface area contributed by atoms with E-state index in [2.05, 4.69) is 0 Å². The summed E-state index contributed by atoms with van der Waals surface area (Å²) in [6.45, 7) is 3.11. The number of hydrogen-bond donors (Lipinski definition) is 1. The normalized spacial score (nSPS) is 32.1. The monoisotopic (exact) mass is 290 g/mol. The van der Waals surface area contributed by atoms with Gasteiger partial charge in [0, 0.05) is 25.2 Å². The largest absolute Gasteiger partial charge is 0.395 e. The molecule has 0 spiro atoms. The van der Waals surface area contributed by atoms with Crippen LogP contribution in [-0.2, 0) is 10.2 Å². The number of hydrogen-bond acceptors (Lipinski definition) is 3. The summed E-state index contributed by atoms with van der Waals surface area (Å²) in [5.74, 6) is 0. The van der Waals surface area contributed by atoms with E-state index in [-0.39, 0.29) is 18.7 Å². The van der Waals surface area contributed by atoms with E-state index < -0.39 is 10.2 Å². The van der Waals surface area contributed by atoms with Gasteiger partial charge in [0.05, 0.1) is 6.61 Å². The van der Waals surface area contributed by atoms with Crippen LogP contribution in [-0.4, -0.2) is 53.9 Å². The Balaban J connectivity index is 2.19. The lowest BCUT2D eigenvalue weighted by atomic mass is 10.1. The maximum atomic E-state index is 12.8. The molecule has 0 bridgehead atoms. The first-order chi connectivity index (χ1) is 9.07. The van der Waals surface area contributed by atoms with Gasteiger partial charge in [-0.15, -0.1) is 0 Å². The van der Waals surface area contributed by atoms with Gasteiger partial charge in [-0.3, -0.25) is 0 Å². The van der Waals surface area contributed by atoms with Crippen molar-refractivity contribution in [1.29, 1.82) is 0 Å². The smallest absolute Gasteiger partial charge is 0.282 e. The van der Waals surface area contributed by atoms with Crippen LogP contribution in [0.1, 0.15) is 51.9 Å². The number of aliphatic hydroxyl groups is 1. The third-order valence-electron chi connectivity index (χ3n) is 4.37. The topological polar surface area (TPSA) is 60.9 Å². The van der Waals surface area contributed by atoms with E-state index in [0.29, 0.717) is 13.1 Å². The average Bonchev–Trinajstić information content (AvgIpc) is 2.63. The van der Waals surface area contributed by atoms with Gasteiger partial charge in [0.25, 0.3) is 10.2 Å². The lowest BCUT2D eigenvalue weighted by Crippen LogP contribution is -2.53. The molecule has 2 rings (SSSR count). The second-order valence-electron chi connectivity index (χ2n) is 5.76. The quantitative estimate of drug-likeness (QED) is 0.853. The Hall–Kier alpha value is -0.170. The average molecular weight is 290 g/mol. The van der Waals surface area contributed by atoms with Crippen LogP contribution in [0.25, 0.3) is 0 Å². The van der Waals surface area contributed by atoms with Crippen molar-refractivity contribution in [2.24, 2.45) is 0 Å². The number of rotatable bonds is 3. The maximum Gasteiger partial charge on any atom is 0.282 e. The van der Waals surface area contributed by atoms with Gasteiger partial charge in [0.2, 0.25) is 0 Å². The van der Waals surface area contributed by atoms with E-state index in [9.17, 15) is 13.5 Å². The Morgan fingerprint density at radius 3 is 2.37 bits per heavy atom. The molecule has 2 heterocycles. The second-order valence-corrected chi connectivity index (χ2v) is 7.59. The van der Waals surface area contributed by atoms with Gasteiger partial charge in [-0.1, -0.05) is 19.3 Å². The summed E-state index contributed by atoms with van der Waals surface area (Å²) in [6, 6.07) is -0.150. The summed E-state index contributed by atoms with van der Waals surface area (Å²) < 4.78 is 28.8. The maximum absolute atomic E-state index is 12.8. The molecule has 2 saturated heterocycles. The summed E-state index contributed by atoms with van der Waals surface area (Å²) in [5.41, 5.74) is 0. The molecule has 0 radical (unpaired) electrons. The van der Waals surface area contributed by atoms with Crippen LogP contribution >= 0.6 is 0 Å². The van der Waals surface area contributed by atoms with Crippen molar-refractivity contribution in [2.45, 2.75) is 64.0 Å². The minimum atomic E-state index is -3.41. The minimum absolute atomic E-state index is 0.0680. The lowest BCUT2D eigenvalue weighted by Gasteiger charge is -2.38. The van der Waals surface area contributed by atoms with Crippen LogP contribution < -0.4 is 0 Å². The molecule has 2 aliphatic heterocycles. The fourth-order valence-corrected chi connectivity index (χ4v) is 5.28. The van der Waals surface area contributed by atoms with E-state index >= 15 is 0 Å². The summed E-state index contributed by atoms with van der Waals surface area (Å²) in [7, 11) is -3.41. The molecule has 1 N–H and O–H groups in total. The summed E-state index contributed by atoms with van der Waals surface area (Å²) >= 11 is 0. The van der Waals surface area contributed by atoms with Gasteiger partial charge >= 0.3 is 0 Å². The highest BCUT2D eigenvalue weighted by Gasteiger charge is 2.38. The number of aliphatic hydroxyl groups excluding tert-OH is 1. The van der Waals surface area contributed by atoms with Gasteiger partial charge in [-0.05, 0) is 32.6 Å². The van der Waals surface area contributed by atoms with E-state index in [4.69, 9.17) is 0 Å². The Morgan fingerprint density at radius 1 is 1.00 bits per heavy atom. The van der Waals surface area contributed by atoms with Crippen molar-refractivity contribution >= 4 is 10.2 Å². The molecule has 2 fully saturated rings. The molecule has 19 heavy (non-hydrogen) atoms. The molecule has 2 atom stereocenters. The van der Waals surface area contributed by atoms with Crippen molar-refractivity contribution in [3.8, 4) is 0 Å². The molecule has 5 nitrogen and oxygen atoms in total. The minimum Gasteiger partial charge on any atom is -0.395 e. The van der Waals surface area contributed by atoms with Crippen LogP contribution in [0.3, 0.4) is 0 Å². The lowest BCUT2D eigenvalue weighted by molar-refractivity contribution is 0.145. The van der Waals surface area contributed by atoms with Gasteiger partial charge in [-0.2, -0.15) is 17.0 Å². The van der Waals surface area contributed by atoms with Crippen molar-refractivity contribution < 1.29 is 13.5 Å². The molecule has 2 aliphatic rings. The SMILES string of the molecule is CC1CCCCCN1S(=O)(=O)N1CCCCC1CO. The Labute approximate surface area is 116 Å². The third-order valence-corrected chi connectivity index (χ3v) is 6.58. The third kappa shape index (κ3) is 3.29. The molecular weight excluding hydrogens is 264 g/mol. The molecule has 0 saturated carbocycles. The van der Waals surface area contributed by atoms with E-state index in [1.54, 1.807) is 8.61 Å². The molecule has 112 valence electrons. The Morgan fingerprint density at radius 2 is 1.63 bits per heavy atom. The predicted molar refractivity (Wildman–Crippen MR) is 75.0 cm³/mol. The second kappa shape index (κ2) is 6.52. The van der Waals surface area contributed by atoms with Crippen LogP contribution in [0.15, 0.2) is 0 Å². The van der Waals surface area contributed by atoms with E-state index in [1.807, 2.05) is 6.92 Å². The molecule has 0 amide bonds. The zero-order valence-electron chi connectivity index (χ0n) is 11.8. The van der Waals surface area contributed by atoms with Crippen molar-refractivity contribution in [3.63, 3.8) is 0 Å². The van der Waals surface area contributed by atoms with Gasteiger partial charge in [0.15, 0.2) is 0 Å². The van der Waals surface area contributed by atoms with E-state index in [0.717, 1.165) is 44.9 Å². The van der Waals surface area contributed by atoms with Crippen molar-refractivity contribution in [2.75, 3.05) is 19.7 Å². The molecular formula is C13H26N2O3S. The molecule has 6 heteroatoms. The van der Waals surface area contributed by atoms with Crippen molar-refractivity contribution in [3.05, 3.63) is 0 Å². The predicted octanol–water partition coefficient (Wildman–Crippen LogP) is 1.34. The highest BCUT2D eigenvalue weighted by atomic mass is 32.2. The summed E-state index contributed by atoms with van der Waals surface area (Å²) in [6.07, 6.45) is 6.79. The Bertz CT molecular complexity index is 377.